The van der Waals surface area contributed by atoms with Crippen molar-refractivity contribution in [2.45, 2.75) is 19.4 Å². The summed E-state index contributed by atoms with van der Waals surface area (Å²) in [6, 6.07) is 17.1. The highest BCUT2D eigenvalue weighted by Gasteiger charge is 2.29. The molecule has 4 rings (SSSR count). The Morgan fingerprint density at radius 1 is 1.07 bits per heavy atom. The number of nitrogens with one attached hydrogen (secondary N) is 2. The number of Topliss-reactive ketones (excluding diaryl/α,β-unsaturated/α-hetero) is 1. The first-order valence-corrected chi connectivity index (χ1v) is 9.03. The van der Waals surface area contributed by atoms with E-state index in [1.54, 1.807) is 11.1 Å². The number of rotatable bonds is 5. The van der Waals surface area contributed by atoms with Crippen LogP contribution in [0.5, 0.6) is 0 Å². The standard InChI is InChI=1S/C22H21N3O2/c1-15(26)19-14-25(22(27)24-21(19)16-7-3-2-4-8-16)12-11-17-13-23-20-10-6-5-9-18(17)20/h2-10,13-14,21,23H,11-12H2,1H3,(H,24,27). The third-order valence-electron chi connectivity index (χ3n) is 4.97. The van der Waals surface area contributed by atoms with E-state index >= 15 is 0 Å². The quantitative estimate of drug-likeness (QED) is 0.724. The van der Waals surface area contributed by atoms with E-state index in [-0.39, 0.29) is 11.8 Å². The Hall–Kier alpha value is -3.34. The first kappa shape index (κ1) is 17.1. The molecule has 2 aromatic carbocycles. The van der Waals surface area contributed by atoms with Crippen molar-refractivity contribution < 1.29 is 9.59 Å². The molecular weight excluding hydrogens is 338 g/mol. The van der Waals surface area contributed by atoms with E-state index < -0.39 is 6.04 Å². The maximum Gasteiger partial charge on any atom is 0.322 e. The molecule has 1 atom stereocenters. The number of para-hydroxylation sites is 1. The van der Waals surface area contributed by atoms with E-state index in [4.69, 9.17) is 0 Å². The number of amides is 2. The number of fused-ring (bicyclic) bond motifs is 1. The molecule has 5 heteroatoms. The summed E-state index contributed by atoms with van der Waals surface area (Å²) >= 11 is 0. The van der Waals surface area contributed by atoms with Crippen LogP contribution in [-0.4, -0.2) is 28.2 Å². The fraction of sp³-hybridized carbons (Fsp3) is 0.182. The summed E-state index contributed by atoms with van der Waals surface area (Å²) in [5.74, 6) is -0.0408. The van der Waals surface area contributed by atoms with E-state index in [1.807, 2.05) is 54.7 Å². The van der Waals surface area contributed by atoms with Crippen LogP contribution >= 0.6 is 0 Å². The lowest BCUT2D eigenvalue weighted by Gasteiger charge is -2.31. The Balaban J connectivity index is 1.57. The van der Waals surface area contributed by atoms with Crippen molar-refractivity contribution >= 4 is 22.7 Å². The number of H-pyrrole nitrogens is 1. The molecule has 2 N–H and O–H groups in total. The fourth-order valence-corrected chi connectivity index (χ4v) is 3.53. The highest BCUT2D eigenvalue weighted by molar-refractivity contribution is 5.97. The van der Waals surface area contributed by atoms with Gasteiger partial charge in [0.2, 0.25) is 0 Å². The molecule has 136 valence electrons. The molecule has 1 aromatic heterocycles. The zero-order valence-electron chi connectivity index (χ0n) is 15.1. The number of ketones is 1. The van der Waals surface area contributed by atoms with Crippen molar-refractivity contribution in [3.05, 3.63) is 83.7 Å². The number of urea groups is 1. The average molecular weight is 359 g/mol. The predicted octanol–water partition coefficient (Wildman–Crippen LogP) is 3.95. The first-order chi connectivity index (χ1) is 13.1. The molecule has 27 heavy (non-hydrogen) atoms. The van der Waals surface area contributed by atoms with Crippen LogP contribution in [0.15, 0.2) is 72.6 Å². The maximum absolute atomic E-state index is 12.6. The van der Waals surface area contributed by atoms with Gasteiger partial charge in [-0.1, -0.05) is 48.5 Å². The molecule has 0 radical (unpaired) electrons. The third kappa shape index (κ3) is 3.36. The fourth-order valence-electron chi connectivity index (χ4n) is 3.53. The molecule has 0 saturated heterocycles. The van der Waals surface area contributed by atoms with Gasteiger partial charge in [-0.2, -0.15) is 0 Å². The zero-order chi connectivity index (χ0) is 18.8. The molecule has 5 nitrogen and oxygen atoms in total. The number of carbonyl (C=O) groups is 2. The molecule has 0 saturated carbocycles. The van der Waals surface area contributed by atoms with Gasteiger partial charge >= 0.3 is 6.03 Å². The van der Waals surface area contributed by atoms with E-state index in [0.717, 1.165) is 22.0 Å². The van der Waals surface area contributed by atoms with Gasteiger partial charge in [0.1, 0.15) is 0 Å². The molecular formula is C22H21N3O2. The Morgan fingerprint density at radius 3 is 2.59 bits per heavy atom. The third-order valence-corrected chi connectivity index (χ3v) is 4.97. The molecule has 1 unspecified atom stereocenters. The summed E-state index contributed by atoms with van der Waals surface area (Å²) in [7, 11) is 0. The van der Waals surface area contributed by atoms with Gasteiger partial charge in [0.15, 0.2) is 5.78 Å². The predicted molar refractivity (Wildman–Crippen MR) is 105 cm³/mol. The lowest BCUT2D eigenvalue weighted by Crippen LogP contribution is -2.45. The molecule has 0 spiro atoms. The molecule has 1 aliphatic rings. The van der Waals surface area contributed by atoms with Crippen LogP contribution < -0.4 is 5.32 Å². The van der Waals surface area contributed by atoms with Gasteiger partial charge in [0, 0.05) is 35.4 Å². The molecule has 3 aromatic rings. The van der Waals surface area contributed by atoms with Gasteiger partial charge in [-0.3, -0.25) is 4.79 Å². The highest BCUT2D eigenvalue weighted by atomic mass is 16.2. The van der Waals surface area contributed by atoms with Crippen LogP contribution in [0.1, 0.15) is 24.1 Å². The second-order valence-corrected chi connectivity index (χ2v) is 6.74. The molecule has 0 bridgehead atoms. The van der Waals surface area contributed by atoms with Crippen molar-refractivity contribution in [1.29, 1.82) is 0 Å². The van der Waals surface area contributed by atoms with E-state index in [2.05, 4.69) is 16.4 Å². The van der Waals surface area contributed by atoms with Gasteiger partial charge in [-0.25, -0.2) is 4.79 Å². The Labute approximate surface area is 157 Å². The van der Waals surface area contributed by atoms with Crippen LogP contribution in [0, 0.1) is 0 Å². The largest absolute Gasteiger partial charge is 0.361 e. The van der Waals surface area contributed by atoms with Gasteiger partial charge in [0.05, 0.1) is 6.04 Å². The van der Waals surface area contributed by atoms with Crippen LogP contribution in [-0.2, 0) is 11.2 Å². The smallest absolute Gasteiger partial charge is 0.322 e. The lowest BCUT2D eigenvalue weighted by atomic mass is 9.95. The summed E-state index contributed by atoms with van der Waals surface area (Å²) in [5, 5.41) is 4.13. The van der Waals surface area contributed by atoms with Gasteiger partial charge in [-0.15, -0.1) is 0 Å². The molecule has 0 fully saturated rings. The van der Waals surface area contributed by atoms with E-state index in [1.165, 1.54) is 6.92 Å². The zero-order valence-corrected chi connectivity index (χ0v) is 15.1. The summed E-state index contributed by atoms with van der Waals surface area (Å²) in [6.07, 6.45) is 4.39. The van der Waals surface area contributed by atoms with Crippen molar-refractivity contribution in [3.8, 4) is 0 Å². The van der Waals surface area contributed by atoms with Crippen LogP contribution in [0.3, 0.4) is 0 Å². The SMILES string of the molecule is CC(=O)C1=CN(CCc2c[nH]c3ccccc23)C(=O)NC1c1ccccc1. The summed E-state index contributed by atoms with van der Waals surface area (Å²) < 4.78 is 0. The van der Waals surface area contributed by atoms with Crippen molar-refractivity contribution in [1.82, 2.24) is 15.2 Å². The van der Waals surface area contributed by atoms with Gasteiger partial charge in [-0.05, 0) is 30.5 Å². The summed E-state index contributed by atoms with van der Waals surface area (Å²) in [6.45, 7) is 2.04. The van der Waals surface area contributed by atoms with E-state index in [0.29, 0.717) is 18.5 Å². The van der Waals surface area contributed by atoms with Crippen LogP contribution in [0.2, 0.25) is 0 Å². The lowest BCUT2D eigenvalue weighted by molar-refractivity contribution is -0.114. The second-order valence-electron chi connectivity index (χ2n) is 6.74. The Bertz CT molecular complexity index is 1020. The second kappa shape index (κ2) is 7.11. The number of carbonyl (C=O) groups excluding carboxylic acids is 2. The number of nitrogens with zero attached hydrogens (tertiary/aromatic N) is 1. The van der Waals surface area contributed by atoms with Gasteiger partial charge < -0.3 is 15.2 Å². The summed E-state index contributed by atoms with van der Waals surface area (Å²) in [4.78, 5) is 29.7. The highest BCUT2D eigenvalue weighted by Crippen LogP contribution is 2.27. The number of hydrogen-bond acceptors (Lipinski definition) is 2. The minimum absolute atomic E-state index is 0.0408. The van der Waals surface area contributed by atoms with E-state index in [9.17, 15) is 9.59 Å². The maximum atomic E-state index is 12.6. The van der Waals surface area contributed by atoms with Crippen molar-refractivity contribution in [3.63, 3.8) is 0 Å². The number of hydrogen-bond donors (Lipinski definition) is 2. The Kier molecular flexibility index (Phi) is 4.50. The molecule has 1 aliphatic heterocycles. The number of aromatic amines is 1. The minimum atomic E-state index is -0.402. The first-order valence-electron chi connectivity index (χ1n) is 9.03. The summed E-state index contributed by atoms with van der Waals surface area (Å²) in [5.41, 5.74) is 3.74. The molecule has 0 aliphatic carbocycles. The monoisotopic (exact) mass is 359 g/mol. The van der Waals surface area contributed by atoms with Gasteiger partial charge in [0.25, 0.3) is 0 Å². The van der Waals surface area contributed by atoms with Crippen molar-refractivity contribution in [2.24, 2.45) is 0 Å². The van der Waals surface area contributed by atoms with Crippen molar-refractivity contribution in [2.75, 3.05) is 6.54 Å². The minimum Gasteiger partial charge on any atom is -0.361 e. The molecule has 2 heterocycles. The topological polar surface area (TPSA) is 65.2 Å². The number of aromatic nitrogens is 1. The normalized spacial score (nSPS) is 16.9. The average Bonchev–Trinajstić information content (AvgIpc) is 3.10. The molecule has 2 amide bonds. The van der Waals surface area contributed by atoms with Crippen LogP contribution in [0.4, 0.5) is 4.79 Å². The Morgan fingerprint density at radius 2 is 1.81 bits per heavy atom. The number of benzene rings is 2. The van der Waals surface area contributed by atoms with Crippen LogP contribution in [0.25, 0.3) is 10.9 Å².